The first-order chi connectivity index (χ1) is 11.3. The Labute approximate surface area is 143 Å². The molecule has 0 atom stereocenters. The fourth-order valence-corrected chi connectivity index (χ4v) is 3.02. The third kappa shape index (κ3) is 4.87. The number of Topliss-reactive ketones (excluding diaryl/α,β-unsaturated/α-hetero) is 1. The number of carbonyl (C=O) groups is 2. The number of halogens is 2. The Morgan fingerprint density at radius 1 is 0.958 bits per heavy atom. The normalized spacial score (nSPS) is 11.1. The van der Waals surface area contributed by atoms with Crippen molar-refractivity contribution in [2.24, 2.45) is 0 Å². The quantitative estimate of drug-likeness (QED) is 0.794. The number of ketones is 1. The molecule has 8 heteroatoms. The number of hydrogen-bond acceptors (Lipinski definition) is 4. The maximum Gasteiger partial charge on any atom is 0.264 e. The molecule has 2 aromatic carbocycles. The molecule has 5 nitrogen and oxygen atoms in total. The van der Waals surface area contributed by atoms with Crippen molar-refractivity contribution in [1.82, 2.24) is 4.72 Å². The number of carbonyl (C=O) groups excluding carboxylic acids is 2. The van der Waals surface area contributed by atoms with E-state index in [2.05, 4.69) is 0 Å². The lowest BCUT2D eigenvalue weighted by molar-refractivity contribution is -0.119. The van der Waals surface area contributed by atoms with Crippen molar-refractivity contribution in [2.45, 2.75) is 17.7 Å². The zero-order valence-corrected chi connectivity index (χ0v) is 13.9. The first-order valence-electron chi connectivity index (χ1n) is 6.88. The molecule has 0 fully saturated rings. The molecule has 2 aromatic rings. The highest BCUT2D eigenvalue weighted by Gasteiger charge is 2.18. The van der Waals surface area contributed by atoms with Crippen LogP contribution in [0.5, 0.6) is 0 Å². The van der Waals surface area contributed by atoms with Crippen LogP contribution in [-0.4, -0.2) is 20.1 Å². The van der Waals surface area contributed by atoms with E-state index in [9.17, 15) is 22.4 Å². The molecule has 0 aliphatic rings. The molecule has 126 valence electrons. The van der Waals surface area contributed by atoms with E-state index in [0.29, 0.717) is 10.6 Å². The zero-order valence-electron chi connectivity index (χ0n) is 12.3. The van der Waals surface area contributed by atoms with Crippen LogP contribution in [0.15, 0.2) is 53.4 Å². The summed E-state index contributed by atoms with van der Waals surface area (Å²) in [6.45, 7) is 0. The van der Waals surface area contributed by atoms with Gasteiger partial charge in [-0.25, -0.2) is 17.5 Å². The van der Waals surface area contributed by atoms with Crippen molar-refractivity contribution < 1.29 is 22.4 Å². The summed E-state index contributed by atoms with van der Waals surface area (Å²) in [5.74, 6) is -1.71. The molecule has 0 heterocycles. The van der Waals surface area contributed by atoms with Crippen molar-refractivity contribution in [2.75, 3.05) is 0 Å². The lowest BCUT2D eigenvalue weighted by Gasteiger charge is -2.07. The van der Waals surface area contributed by atoms with Crippen molar-refractivity contribution in [1.29, 1.82) is 0 Å². The van der Waals surface area contributed by atoms with Crippen molar-refractivity contribution >= 4 is 33.3 Å². The average molecular weight is 370 g/mol. The van der Waals surface area contributed by atoms with Gasteiger partial charge in [0, 0.05) is 23.4 Å². The summed E-state index contributed by atoms with van der Waals surface area (Å²) < 4.78 is 38.6. The molecule has 0 saturated carbocycles. The lowest BCUT2D eigenvalue weighted by atomic mass is 10.1. The topological polar surface area (TPSA) is 80.3 Å². The summed E-state index contributed by atoms with van der Waals surface area (Å²) in [6.07, 6.45) is -0.436. The van der Waals surface area contributed by atoms with Gasteiger partial charge in [0.05, 0.1) is 4.90 Å². The fraction of sp³-hybridized carbons (Fsp3) is 0.125. The van der Waals surface area contributed by atoms with Crippen LogP contribution in [0.3, 0.4) is 0 Å². The number of amides is 1. The van der Waals surface area contributed by atoms with E-state index < -0.39 is 21.7 Å². The zero-order chi connectivity index (χ0) is 17.7. The van der Waals surface area contributed by atoms with Gasteiger partial charge in [-0.05, 0) is 48.5 Å². The Morgan fingerprint density at radius 3 is 2.12 bits per heavy atom. The van der Waals surface area contributed by atoms with E-state index in [1.165, 1.54) is 12.1 Å². The van der Waals surface area contributed by atoms with E-state index in [1.807, 2.05) is 4.72 Å². The Bertz CT molecular complexity index is 849. The maximum absolute atomic E-state index is 12.8. The summed E-state index contributed by atoms with van der Waals surface area (Å²) in [5.41, 5.74) is 0.383. The minimum atomic E-state index is -4.09. The Morgan fingerprint density at radius 2 is 1.54 bits per heavy atom. The number of hydrogen-bond donors (Lipinski definition) is 1. The third-order valence-corrected chi connectivity index (χ3v) is 4.76. The molecule has 0 unspecified atom stereocenters. The Hall–Kier alpha value is -2.25. The highest BCUT2D eigenvalue weighted by molar-refractivity contribution is 7.90. The van der Waals surface area contributed by atoms with Crippen LogP contribution >= 0.6 is 11.6 Å². The van der Waals surface area contributed by atoms with Gasteiger partial charge in [-0.3, -0.25) is 9.59 Å². The molecule has 0 aromatic heterocycles. The summed E-state index contributed by atoms with van der Waals surface area (Å²) in [4.78, 5) is 23.4. The second-order valence-corrected chi connectivity index (χ2v) is 7.03. The van der Waals surface area contributed by atoms with E-state index in [1.54, 1.807) is 12.1 Å². The van der Waals surface area contributed by atoms with Crippen LogP contribution in [-0.2, 0) is 14.8 Å². The third-order valence-electron chi connectivity index (χ3n) is 3.12. The predicted octanol–water partition coefficient (Wildman–Crippen LogP) is 2.95. The molecular formula is C16H13ClFNO4S. The molecule has 0 radical (unpaired) electrons. The average Bonchev–Trinajstić information content (AvgIpc) is 2.53. The van der Waals surface area contributed by atoms with Crippen LogP contribution < -0.4 is 4.72 Å². The SMILES string of the molecule is O=C(CCC(=O)c1ccc(Cl)cc1)NS(=O)(=O)c1ccc(F)cc1. The van der Waals surface area contributed by atoms with E-state index in [0.717, 1.165) is 24.3 Å². The van der Waals surface area contributed by atoms with Gasteiger partial charge >= 0.3 is 0 Å². The van der Waals surface area contributed by atoms with Gasteiger partial charge < -0.3 is 0 Å². The molecule has 0 saturated heterocycles. The van der Waals surface area contributed by atoms with Crippen LogP contribution in [0.2, 0.25) is 5.02 Å². The molecule has 1 N–H and O–H groups in total. The summed E-state index contributed by atoms with van der Waals surface area (Å²) in [5, 5.41) is 0.481. The van der Waals surface area contributed by atoms with E-state index >= 15 is 0 Å². The maximum atomic E-state index is 12.8. The minimum absolute atomic E-state index is 0.146. The second kappa shape index (κ2) is 7.55. The van der Waals surface area contributed by atoms with Crippen LogP contribution in [0.4, 0.5) is 4.39 Å². The first kappa shape index (κ1) is 18.1. The fourth-order valence-electron chi connectivity index (χ4n) is 1.88. The van der Waals surface area contributed by atoms with E-state index in [4.69, 9.17) is 11.6 Å². The number of rotatable bonds is 6. The standard InChI is InChI=1S/C16H13ClFNO4S/c17-12-3-1-11(2-4-12)15(20)9-10-16(21)19-24(22,23)14-7-5-13(18)6-8-14/h1-8H,9-10H2,(H,19,21). The summed E-state index contributed by atoms with van der Waals surface area (Å²) in [7, 11) is -4.09. The number of sulfonamides is 1. The van der Waals surface area contributed by atoms with Gasteiger partial charge in [0.2, 0.25) is 5.91 Å². The van der Waals surface area contributed by atoms with Gasteiger partial charge in [-0.15, -0.1) is 0 Å². The molecule has 0 aliphatic heterocycles. The van der Waals surface area contributed by atoms with E-state index in [-0.39, 0.29) is 23.5 Å². The smallest absolute Gasteiger partial charge is 0.264 e. The molecule has 2 rings (SSSR count). The predicted molar refractivity (Wildman–Crippen MR) is 86.7 cm³/mol. The molecular weight excluding hydrogens is 357 g/mol. The minimum Gasteiger partial charge on any atom is -0.294 e. The number of benzene rings is 2. The van der Waals surface area contributed by atoms with Gasteiger partial charge in [0.25, 0.3) is 10.0 Å². The summed E-state index contributed by atoms with van der Waals surface area (Å²) in [6, 6.07) is 10.2. The highest BCUT2D eigenvalue weighted by atomic mass is 35.5. The van der Waals surface area contributed by atoms with Gasteiger partial charge in [-0.2, -0.15) is 0 Å². The second-order valence-electron chi connectivity index (χ2n) is 4.91. The molecule has 24 heavy (non-hydrogen) atoms. The lowest BCUT2D eigenvalue weighted by Crippen LogP contribution is -2.30. The summed E-state index contributed by atoms with van der Waals surface area (Å²) >= 11 is 5.72. The van der Waals surface area contributed by atoms with Crippen LogP contribution in [0, 0.1) is 5.82 Å². The molecule has 0 spiro atoms. The van der Waals surface area contributed by atoms with Crippen molar-refractivity contribution in [3.63, 3.8) is 0 Å². The number of nitrogens with one attached hydrogen (secondary N) is 1. The van der Waals surface area contributed by atoms with Gasteiger partial charge in [-0.1, -0.05) is 11.6 Å². The van der Waals surface area contributed by atoms with Crippen LogP contribution in [0.1, 0.15) is 23.2 Å². The Balaban J connectivity index is 1.94. The van der Waals surface area contributed by atoms with Crippen molar-refractivity contribution in [3.8, 4) is 0 Å². The molecule has 0 bridgehead atoms. The van der Waals surface area contributed by atoms with Gasteiger partial charge in [0.1, 0.15) is 5.82 Å². The largest absolute Gasteiger partial charge is 0.294 e. The molecule has 1 amide bonds. The van der Waals surface area contributed by atoms with Crippen molar-refractivity contribution in [3.05, 3.63) is 64.9 Å². The van der Waals surface area contributed by atoms with Gasteiger partial charge in [0.15, 0.2) is 5.78 Å². The Kier molecular flexibility index (Phi) is 5.69. The van der Waals surface area contributed by atoms with Crippen LogP contribution in [0.25, 0.3) is 0 Å². The first-order valence-corrected chi connectivity index (χ1v) is 8.74. The monoisotopic (exact) mass is 369 g/mol. The highest BCUT2D eigenvalue weighted by Crippen LogP contribution is 2.13. The molecule has 0 aliphatic carbocycles.